The highest BCUT2D eigenvalue weighted by Crippen LogP contribution is 2.27. The lowest BCUT2D eigenvalue weighted by Gasteiger charge is -2.18. The second-order valence-corrected chi connectivity index (χ2v) is 6.67. The average Bonchev–Trinajstić information content (AvgIpc) is 2.34. The quantitative estimate of drug-likeness (QED) is 0.600. The van der Waals surface area contributed by atoms with Crippen molar-refractivity contribution >= 4 is 33.3 Å². The van der Waals surface area contributed by atoms with Gasteiger partial charge in [0.1, 0.15) is 6.04 Å². The fourth-order valence-corrected chi connectivity index (χ4v) is 3.33. The Morgan fingerprint density at radius 3 is 2.43 bits per heavy atom. The monoisotopic (exact) mass is 336 g/mol. The van der Waals surface area contributed by atoms with Crippen LogP contribution in [0.5, 0.6) is 0 Å². The Bertz CT molecular complexity index is 673. The van der Waals surface area contributed by atoms with Gasteiger partial charge in [-0.1, -0.05) is 25.4 Å². The van der Waals surface area contributed by atoms with E-state index in [2.05, 4.69) is 0 Å². The molecule has 0 unspecified atom stereocenters. The van der Waals surface area contributed by atoms with Crippen molar-refractivity contribution in [1.82, 2.24) is 4.72 Å². The van der Waals surface area contributed by atoms with Crippen molar-refractivity contribution in [3.8, 4) is 0 Å². The minimum Gasteiger partial charge on any atom is -0.480 e. The lowest BCUT2D eigenvalue weighted by Crippen LogP contribution is -2.44. The Kier molecular flexibility index (Phi) is 5.26. The van der Waals surface area contributed by atoms with E-state index in [1.165, 1.54) is 19.9 Å². The van der Waals surface area contributed by atoms with Crippen LogP contribution in [0.1, 0.15) is 13.8 Å². The summed E-state index contributed by atoms with van der Waals surface area (Å²) in [5.41, 5.74) is -0.681. The molecule has 21 heavy (non-hydrogen) atoms. The van der Waals surface area contributed by atoms with Crippen molar-refractivity contribution < 1.29 is 23.2 Å². The van der Waals surface area contributed by atoms with Gasteiger partial charge in [-0.3, -0.25) is 14.9 Å². The molecular formula is C11H13ClN2O6S. The molecule has 0 saturated heterocycles. The van der Waals surface area contributed by atoms with Crippen LogP contribution in [0, 0.1) is 16.0 Å². The van der Waals surface area contributed by atoms with Crippen LogP contribution in [0.15, 0.2) is 23.1 Å². The van der Waals surface area contributed by atoms with Gasteiger partial charge >= 0.3 is 5.97 Å². The lowest BCUT2D eigenvalue weighted by atomic mass is 10.1. The third-order valence-electron chi connectivity index (χ3n) is 2.62. The van der Waals surface area contributed by atoms with Crippen LogP contribution >= 0.6 is 11.6 Å². The number of aliphatic carboxylic acids is 1. The number of carbonyl (C=O) groups is 1. The molecular weight excluding hydrogens is 324 g/mol. The van der Waals surface area contributed by atoms with Crippen LogP contribution < -0.4 is 4.72 Å². The van der Waals surface area contributed by atoms with Crippen molar-refractivity contribution in [3.63, 3.8) is 0 Å². The molecule has 0 bridgehead atoms. The van der Waals surface area contributed by atoms with E-state index < -0.39 is 43.5 Å². The van der Waals surface area contributed by atoms with Crippen molar-refractivity contribution in [2.24, 2.45) is 5.92 Å². The summed E-state index contributed by atoms with van der Waals surface area (Å²) in [5, 5.41) is 19.9. The van der Waals surface area contributed by atoms with Gasteiger partial charge in [0, 0.05) is 11.1 Å². The highest BCUT2D eigenvalue weighted by molar-refractivity contribution is 7.89. The first-order valence-electron chi connectivity index (χ1n) is 5.75. The Labute approximate surface area is 125 Å². The molecule has 1 aromatic carbocycles. The Hall–Kier alpha value is -1.71. The SMILES string of the molecule is CC(C)[C@@H](NS(=O)(=O)c1cc(Cl)ccc1[N+](=O)[O-])C(=O)O. The van der Waals surface area contributed by atoms with Gasteiger partial charge in [0.15, 0.2) is 4.90 Å². The number of hydrogen-bond acceptors (Lipinski definition) is 5. The molecule has 0 aliphatic carbocycles. The molecule has 116 valence electrons. The van der Waals surface area contributed by atoms with Crippen LogP contribution in [-0.4, -0.2) is 30.5 Å². The molecule has 10 heteroatoms. The molecule has 0 saturated carbocycles. The van der Waals surface area contributed by atoms with E-state index in [9.17, 15) is 23.3 Å². The van der Waals surface area contributed by atoms with Crippen LogP contribution in [0.25, 0.3) is 0 Å². The Morgan fingerprint density at radius 1 is 1.43 bits per heavy atom. The van der Waals surface area contributed by atoms with E-state index in [1.807, 2.05) is 4.72 Å². The maximum absolute atomic E-state index is 12.2. The van der Waals surface area contributed by atoms with Gasteiger partial charge in [-0.25, -0.2) is 8.42 Å². The number of nitro groups is 1. The zero-order valence-electron chi connectivity index (χ0n) is 11.1. The second kappa shape index (κ2) is 6.37. The van der Waals surface area contributed by atoms with Crippen molar-refractivity contribution in [2.45, 2.75) is 24.8 Å². The first kappa shape index (κ1) is 17.3. The van der Waals surface area contributed by atoms with Crippen LogP contribution in [-0.2, 0) is 14.8 Å². The number of hydrogen-bond donors (Lipinski definition) is 2. The smallest absolute Gasteiger partial charge is 0.322 e. The number of sulfonamides is 1. The summed E-state index contributed by atoms with van der Waals surface area (Å²) in [4.78, 5) is 20.4. The van der Waals surface area contributed by atoms with Crippen molar-refractivity contribution in [1.29, 1.82) is 0 Å². The number of carboxylic acid groups (broad SMARTS) is 1. The minimum absolute atomic E-state index is 0.0163. The standard InChI is InChI=1S/C11H13ClN2O6S/c1-6(2)10(11(15)16)13-21(19,20)9-5-7(12)3-4-8(9)14(17)18/h3-6,10,13H,1-2H3,(H,15,16)/t10-/m1/s1. The summed E-state index contributed by atoms with van der Waals surface area (Å²) in [6, 6.07) is 1.62. The molecule has 0 amide bonds. The first-order chi connectivity index (χ1) is 9.56. The summed E-state index contributed by atoms with van der Waals surface area (Å²) < 4.78 is 26.3. The Balaban J connectivity index is 3.34. The first-order valence-corrected chi connectivity index (χ1v) is 7.61. The molecule has 1 aromatic rings. The van der Waals surface area contributed by atoms with Gasteiger partial charge in [-0.2, -0.15) is 4.72 Å². The number of carboxylic acids is 1. The second-order valence-electron chi connectivity index (χ2n) is 4.55. The summed E-state index contributed by atoms with van der Waals surface area (Å²) in [7, 11) is -4.40. The number of benzene rings is 1. The maximum atomic E-state index is 12.2. The number of rotatable bonds is 6. The maximum Gasteiger partial charge on any atom is 0.322 e. The molecule has 0 heterocycles. The predicted octanol–water partition coefficient (Wildman–Crippen LogP) is 1.64. The minimum atomic E-state index is -4.40. The fraction of sp³-hybridized carbons (Fsp3) is 0.364. The van der Waals surface area contributed by atoms with Crippen LogP contribution in [0.3, 0.4) is 0 Å². The number of nitrogens with one attached hydrogen (secondary N) is 1. The predicted molar refractivity (Wildman–Crippen MR) is 74.7 cm³/mol. The lowest BCUT2D eigenvalue weighted by molar-refractivity contribution is -0.387. The summed E-state index contributed by atoms with van der Waals surface area (Å²) in [5.74, 6) is -1.92. The van der Waals surface area contributed by atoms with Crippen LogP contribution in [0.4, 0.5) is 5.69 Å². The molecule has 2 N–H and O–H groups in total. The van der Waals surface area contributed by atoms with E-state index >= 15 is 0 Å². The fourth-order valence-electron chi connectivity index (χ4n) is 1.56. The zero-order chi connectivity index (χ0) is 16.4. The molecule has 0 aliphatic rings. The van der Waals surface area contributed by atoms with E-state index in [0.29, 0.717) is 0 Å². The van der Waals surface area contributed by atoms with Gasteiger partial charge < -0.3 is 5.11 Å². The third-order valence-corrected chi connectivity index (χ3v) is 4.33. The Morgan fingerprint density at radius 2 is 2.00 bits per heavy atom. The molecule has 8 nitrogen and oxygen atoms in total. The summed E-state index contributed by atoms with van der Waals surface area (Å²) in [6.45, 7) is 3.02. The average molecular weight is 337 g/mol. The van der Waals surface area contributed by atoms with E-state index in [4.69, 9.17) is 16.7 Å². The molecule has 0 spiro atoms. The topological polar surface area (TPSA) is 127 Å². The van der Waals surface area contributed by atoms with Gasteiger partial charge in [-0.15, -0.1) is 0 Å². The highest BCUT2D eigenvalue weighted by Gasteiger charge is 2.32. The van der Waals surface area contributed by atoms with E-state index in [-0.39, 0.29) is 5.02 Å². The zero-order valence-corrected chi connectivity index (χ0v) is 12.7. The number of nitrogens with zero attached hydrogens (tertiary/aromatic N) is 1. The molecule has 1 rings (SSSR count). The van der Waals surface area contributed by atoms with Gasteiger partial charge in [-0.05, 0) is 18.1 Å². The number of halogens is 1. The van der Waals surface area contributed by atoms with E-state index in [1.54, 1.807) is 0 Å². The molecule has 0 fully saturated rings. The van der Waals surface area contributed by atoms with Gasteiger partial charge in [0.25, 0.3) is 5.69 Å². The molecule has 1 atom stereocenters. The van der Waals surface area contributed by atoms with Crippen molar-refractivity contribution in [2.75, 3.05) is 0 Å². The highest BCUT2D eigenvalue weighted by atomic mass is 35.5. The van der Waals surface area contributed by atoms with E-state index in [0.717, 1.165) is 12.1 Å². The largest absolute Gasteiger partial charge is 0.480 e. The van der Waals surface area contributed by atoms with Crippen LogP contribution in [0.2, 0.25) is 5.02 Å². The summed E-state index contributed by atoms with van der Waals surface area (Å²) >= 11 is 5.66. The molecule has 0 radical (unpaired) electrons. The normalized spacial score (nSPS) is 13.1. The van der Waals surface area contributed by atoms with Gasteiger partial charge in [0.2, 0.25) is 10.0 Å². The molecule has 0 aliphatic heterocycles. The number of nitro benzene ring substituents is 1. The van der Waals surface area contributed by atoms with Crippen molar-refractivity contribution in [3.05, 3.63) is 33.3 Å². The molecule has 0 aromatic heterocycles. The van der Waals surface area contributed by atoms with Gasteiger partial charge in [0.05, 0.1) is 4.92 Å². The summed E-state index contributed by atoms with van der Waals surface area (Å²) in [6.07, 6.45) is 0. The third kappa shape index (κ3) is 4.13.